The molecule has 2 N–H and O–H groups in total. The van der Waals surface area contributed by atoms with Gasteiger partial charge in [-0.05, 0) is 29.1 Å². The maximum absolute atomic E-state index is 12.4. The summed E-state index contributed by atoms with van der Waals surface area (Å²) in [6.07, 6.45) is 0. The maximum atomic E-state index is 12.4. The molecule has 0 bridgehead atoms. The Balaban J connectivity index is 1.66. The zero-order valence-corrected chi connectivity index (χ0v) is 15.9. The maximum Gasteiger partial charge on any atom is 0.342 e. The molecule has 144 valence electrons. The standard InChI is InChI=1S/C21H19NO5S/c1-26-16-10-5-9-15(20(16)24)21(25)27-13-18(23)22-19(17-11-6-12-28-17)14-7-3-2-4-8-14/h2-12,19,24H,13H2,1H3,(H,22,23). The quantitative estimate of drug-likeness (QED) is 0.596. The molecular weight excluding hydrogens is 378 g/mol. The van der Waals surface area contributed by atoms with Gasteiger partial charge in [0.2, 0.25) is 0 Å². The second kappa shape index (κ2) is 9.05. The third-order valence-electron chi connectivity index (χ3n) is 4.04. The number of nitrogens with one attached hydrogen (secondary N) is 1. The molecule has 1 atom stereocenters. The van der Waals surface area contributed by atoms with Crippen LogP contribution in [0.5, 0.6) is 11.5 Å². The van der Waals surface area contributed by atoms with Gasteiger partial charge in [0.15, 0.2) is 18.1 Å². The number of benzene rings is 2. The predicted molar refractivity (Wildman–Crippen MR) is 106 cm³/mol. The summed E-state index contributed by atoms with van der Waals surface area (Å²) in [7, 11) is 1.38. The largest absolute Gasteiger partial charge is 0.504 e. The van der Waals surface area contributed by atoms with E-state index in [1.54, 1.807) is 6.07 Å². The van der Waals surface area contributed by atoms with Crippen LogP contribution in [0.3, 0.4) is 0 Å². The summed E-state index contributed by atoms with van der Waals surface area (Å²) < 4.78 is 10.0. The summed E-state index contributed by atoms with van der Waals surface area (Å²) in [6, 6.07) is 17.5. The van der Waals surface area contributed by atoms with Crippen molar-refractivity contribution < 1.29 is 24.2 Å². The van der Waals surface area contributed by atoms with E-state index in [1.807, 2.05) is 47.8 Å². The van der Waals surface area contributed by atoms with E-state index >= 15 is 0 Å². The van der Waals surface area contributed by atoms with Gasteiger partial charge in [0.25, 0.3) is 5.91 Å². The number of hydrogen-bond acceptors (Lipinski definition) is 6. The van der Waals surface area contributed by atoms with Crippen LogP contribution in [0.4, 0.5) is 0 Å². The number of hydrogen-bond donors (Lipinski definition) is 2. The molecule has 0 aliphatic rings. The Bertz CT molecular complexity index is 941. The van der Waals surface area contributed by atoms with Gasteiger partial charge in [-0.1, -0.05) is 42.5 Å². The lowest BCUT2D eigenvalue weighted by molar-refractivity contribution is -0.124. The molecule has 0 radical (unpaired) electrons. The number of carbonyl (C=O) groups excluding carboxylic acids is 2. The van der Waals surface area contributed by atoms with Gasteiger partial charge in [0.1, 0.15) is 5.56 Å². The fourth-order valence-electron chi connectivity index (χ4n) is 2.68. The fraction of sp³-hybridized carbons (Fsp3) is 0.143. The molecule has 1 amide bonds. The highest BCUT2D eigenvalue weighted by atomic mass is 32.1. The average Bonchev–Trinajstić information content (AvgIpc) is 3.25. The molecule has 0 saturated heterocycles. The number of phenolic OH excluding ortho intramolecular Hbond substituents is 1. The zero-order valence-electron chi connectivity index (χ0n) is 15.1. The van der Waals surface area contributed by atoms with Crippen molar-refractivity contribution in [2.45, 2.75) is 6.04 Å². The van der Waals surface area contributed by atoms with E-state index in [0.29, 0.717) is 0 Å². The van der Waals surface area contributed by atoms with Crippen LogP contribution in [0.1, 0.15) is 26.8 Å². The summed E-state index contributed by atoms with van der Waals surface area (Å²) in [6.45, 7) is -0.468. The van der Waals surface area contributed by atoms with E-state index in [0.717, 1.165) is 10.4 Å². The third kappa shape index (κ3) is 4.50. The minimum Gasteiger partial charge on any atom is -0.504 e. The first kappa shape index (κ1) is 19.4. The molecule has 1 aromatic heterocycles. The molecular formula is C21H19NO5S. The smallest absolute Gasteiger partial charge is 0.342 e. The van der Waals surface area contributed by atoms with Crippen LogP contribution in [0.15, 0.2) is 66.0 Å². The molecule has 7 heteroatoms. The number of methoxy groups -OCH3 is 1. The van der Waals surface area contributed by atoms with Crippen LogP contribution in [-0.4, -0.2) is 30.7 Å². The minimum atomic E-state index is -0.807. The summed E-state index contributed by atoms with van der Waals surface area (Å²) >= 11 is 1.53. The van der Waals surface area contributed by atoms with E-state index in [1.165, 1.54) is 30.6 Å². The first-order valence-corrected chi connectivity index (χ1v) is 9.39. The lowest BCUT2D eigenvalue weighted by Crippen LogP contribution is -2.32. The molecule has 0 fully saturated rings. The van der Waals surface area contributed by atoms with Crippen molar-refractivity contribution in [3.63, 3.8) is 0 Å². The van der Waals surface area contributed by atoms with Gasteiger partial charge in [-0.3, -0.25) is 4.79 Å². The molecule has 1 heterocycles. The predicted octanol–water partition coefficient (Wildman–Crippen LogP) is 3.52. The molecule has 0 aliphatic carbocycles. The van der Waals surface area contributed by atoms with E-state index in [-0.39, 0.29) is 23.1 Å². The molecule has 3 rings (SSSR count). The molecule has 0 saturated carbocycles. The lowest BCUT2D eigenvalue weighted by atomic mass is 10.1. The van der Waals surface area contributed by atoms with Gasteiger partial charge in [-0.25, -0.2) is 4.79 Å². The fourth-order valence-corrected chi connectivity index (χ4v) is 3.49. The molecule has 0 spiro atoms. The summed E-state index contributed by atoms with van der Waals surface area (Å²) in [4.78, 5) is 25.6. The van der Waals surface area contributed by atoms with E-state index in [9.17, 15) is 14.7 Å². The molecule has 28 heavy (non-hydrogen) atoms. The second-order valence-electron chi connectivity index (χ2n) is 5.86. The van der Waals surface area contributed by atoms with Crippen LogP contribution in [0, 0.1) is 0 Å². The first-order valence-electron chi connectivity index (χ1n) is 8.51. The molecule has 6 nitrogen and oxygen atoms in total. The summed E-state index contributed by atoms with van der Waals surface area (Å²) in [5.41, 5.74) is 0.861. The lowest BCUT2D eigenvalue weighted by Gasteiger charge is -2.18. The van der Waals surface area contributed by atoms with Crippen LogP contribution < -0.4 is 10.1 Å². The van der Waals surface area contributed by atoms with Crippen molar-refractivity contribution in [3.8, 4) is 11.5 Å². The highest BCUT2D eigenvalue weighted by Gasteiger charge is 2.20. The SMILES string of the molecule is COc1cccc(C(=O)OCC(=O)NC(c2ccccc2)c2cccs2)c1O. The summed E-state index contributed by atoms with van der Waals surface area (Å²) in [5.74, 6) is -1.42. The van der Waals surface area contributed by atoms with Crippen molar-refractivity contribution >= 4 is 23.2 Å². The van der Waals surface area contributed by atoms with Crippen LogP contribution in [0.25, 0.3) is 0 Å². The van der Waals surface area contributed by atoms with Crippen molar-refractivity contribution in [3.05, 3.63) is 82.0 Å². The number of carbonyl (C=O) groups is 2. The number of phenols is 1. The van der Waals surface area contributed by atoms with Gasteiger partial charge in [0.05, 0.1) is 13.2 Å². The average molecular weight is 397 g/mol. The third-order valence-corrected chi connectivity index (χ3v) is 4.98. The van der Waals surface area contributed by atoms with Gasteiger partial charge in [0, 0.05) is 4.88 Å². The van der Waals surface area contributed by atoms with E-state index in [2.05, 4.69) is 5.32 Å². The number of para-hydroxylation sites is 1. The van der Waals surface area contributed by atoms with Crippen molar-refractivity contribution in [2.75, 3.05) is 13.7 Å². The molecule has 2 aromatic carbocycles. The van der Waals surface area contributed by atoms with Crippen LogP contribution >= 0.6 is 11.3 Å². The molecule has 0 aliphatic heterocycles. The van der Waals surface area contributed by atoms with Crippen LogP contribution in [-0.2, 0) is 9.53 Å². The first-order chi connectivity index (χ1) is 13.6. The highest BCUT2D eigenvalue weighted by Crippen LogP contribution is 2.30. The Kier molecular flexibility index (Phi) is 6.29. The number of ether oxygens (including phenoxy) is 2. The highest BCUT2D eigenvalue weighted by molar-refractivity contribution is 7.10. The zero-order chi connectivity index (χ0) is 19.9. The Labute approximate surface area is 166 Å². The number of amides is 1. The molecule has 3 aromatic rings. The monoisotopic (exact) mass is 397 g/mol. The number of thiophene rings is 1. The Morgan fingerprint density at radius 2 is 1.86 bits per heavy atom. The second-order valence-corrected chi connectivity index (χ2v) is 6.84. The van der Waals surface area contributed by atoms with Gasteiger partial charge in [-0.15, -0.1) is 11.3 Å². The minimum absolute atomic E-state index is 0.0648. The van der Waals surface area contributed by atoms with Crippen molar-refractivity contribution in [2.24, 2.45) is 0 Å². The van der Waals surface area contributed by atoms with E-state index in [4.69, 9.17) is 9.47 Å². The van der Waals surface area contributed by atoms with Gasteiger partial charge < -0.3 is 19.9 Å². The number of rotatable bonds is 7. The van der Waals surface area contributed by atoms with E-state index < -0.39 is 18.5 Å². The topological polar surface area (TPSA) is 84.9 Å². The summed E-state index contributed by atoms with van der Waals surface area (Å²) in [5, 5.41) is 14.8. The van der Waals surface area contributed by atoms with Gasteiger partial charge in [-0.2, -0.15) is 0 Å². The Morgan fingerprint density at radius 1 is 1.07 bits per heavy atom. The van der Waals surface area contributed by atoms with Crippen molar-refractivity contribution in [1.29, 1.82) is 0 Å². The number of esters is 1. The van der Waals surface area contributed by atoms with Gasteiger partial charge >= 0.3 is 5.97 Å². The normalized spacial score (nSPS) is 11.5. The van der Waals surface area contributed by atoms with Crippen LogP contribution in [0.2, 0.25) is 0 Å². The van der Waals surface area contributed by atoms with Crippen molar-refractivity contribution in [1.82, 2.24) is 5.32 Å². The number of aromatic hydroxyl groups is 1. The Morgan fingerprint density at radius 3 is 2.54 bits per heavy atom. The molecule has 1 unspecified atom stereocenters. The Hall–Kier alpha value is -3.32.